The summed E-state index contributed by atoms with van der Waals surface area (Å²) < 4.78 is 51.4. The van der Waals surface area contributed by atoms with E-state index in [1.165, 1.54) is 24.3 Å². The van der Waals surface area contributed by atoms with Crippen LogP contribution in [0.3, 0.4) is 0 Å². The van der Waals surface area contributed by atoms with Gasteiger partial charge in [0.1, 0.15) is 16.3 Å². The van der Waals surface area contributed by atoms with Crippen LogP contribution in [0.15, 0.2) is 62.5 Å². The minimum absolute atomic E-state index is 0.128. The number of phenols is 1. The van der Waals surface area contributed by atoms with Crippen LogP contribution in [0.4, 0.5) is 17.1 Å². The van der Waals surface area contributed by atoms with Gasteiger partial charge in [-0.25, -0.2) is 10.4 Å². The average Bonchev–Trinajstić information content (AvgIpc) is 2.76. The lowest BCUT2D eigenvalue weighted by atomic mass is 10.1. The predicted molar refractivity (Wildman–Crippen MR) is 128 cm³/mol. The van der Waals surface area contributed by atoms with Gasteiger partial charge in [0.05, 0.1) is 12.3 Å². The van der Waals surface area contributed by atoms with Gasteiger partial charge in [-0.1, -0.05) is 18.7 Å². The highest BCUT2D eigenvalue weighted by atomic mass is 32.2. The third-order valence-corrected chi connectivity index (χ3v) is 6.20. The van der Waals surface area contributed by atoms with Gasteiger partial charge in [0.15, 0.2) is 5.75 Å². The molecular weight excluding hydrogens is 468 g/mol. The number of phenolic OH excluding ortho intramolecular Hbond substituents is 1. The Hall–Kier alpha value is -3.19. The number of fused-ring (bicyclic) bond motifs is 1. The van der Waals surface area contributed by atoms with E-state index >= 15 is 0 Å². The van der Waals surface area contributed by atoms with Gasteiger partial charge in [0.2, 0.25) is 0 Å². The molecule has 33 heavy (non-hydrogen) atoms. The van der Waals surface area contributed by atoms with Gasteiger partial charge in [0.25, 0.3) is 10.1 Å². The Balaban J connectivity index is 2.14. The molecule has 3 rings (SSSR count). The van der Waals surface area contributed by atoms with E-state index in [0.29, 0.717) is 23.4 Å². The maximum absolute atomic E-state index is 12.1. The summed E-state index contributed by atoms with van der Waals surface area (Å²) in [5, 5.41) is 19.1. The molecule has 12 heteroatoms. The number of nitrogen functional groups attached to an aromatic ring is 1. The molecule has 0 aliphatic heterocycles. The second-order valence-corrected chi connectivity index (χ2v) is 10.0. The predicted octanol–water partition coefficient (Wildman–Crippen LogP) is 4.28. The number of azo groups is 1. The number of nitrogens with one attached hydrogen (secondary N) is 1. The Morgan fingerprint density at radius 3 is 2.52 bits per heavy atom. The van der Waals surface area contributed by atoms with Gasteiger partial charge < -0.3 is 19.5 Å². The molecule has 0 atom stereocenters. The number of rotatable bonds is 8. The van der Waals surface area contributed by atoms with Crippen molar-refractivity contribution in [3.8, 4) is 11.5 Å². The van der Waals surface area contributed by atoms with E-state index in [9.17, 15) is 22.3 Å². The Labute approximate surface area is 192 Å². The van der Waals surface area contributed by atoms with Crippen LogP contribution < -0.4 is 16.0 Å². The molecule has 0 saturated carbocycles. The van der Waals surface area contributed by atoms with E-state index in [4.69, 9.17) is 10.6 Å². The fourth-order valence-electron chi connectivity index (χ4n) is 2.95. The SMILES string of the molecule is C=[S-](=O)c1cc(OCC(C)C)ccc1N=Nc1c(S(=O)(=O)O)cc2cc(NN)ccc2c1O. The zero-order chi connectivity index (χ0) is 24.3. The highest BCUT2D eigenvalue weighted by Crippen LogP contribution is 2.42. The first-order valence-corrected chi connectivity index (χ1v) is 12.4. The van der Waals surface area contributed by atoms with Gasteiger partial charge in [-0.2, -0.15) is 19.4 Å². The first-order valence-electron chi connectivity index (χ1n) is 9.65. The molecule has 176 valence electrons. The van der Waals surface area contributed by atoms with Crippen LogP contribution in [0.2, 0.25) is 0 Å². The lowest BCUT2D eigenvalue weighted by Gasteiger charge is -2.13. The second-order valence-electron chi connectivity index (χ2n) is 7.51. The van der Waals surface area contributed by atoms with E-state index in [-0.39, 0.29) is 21.9 Å². The summed E-state index contributed by atoms with van der Waals surface area (Å²) in [6, 6.07) is 10.3. The molecule has 0 saturated heterocycles. The van der Waals surface area contributed by atoms with Crippen LogP contribution in [0, 0.1) is 5.92 Å². The van der Waals surface area contributed by atoms with E-state index in [0.717, 1.165) is 6.07 Å². The van der Waals surface area contributed by atoms with Gasteiger partial charge in [0, 0.05) is 11.1 Å². The average molecular weight is 492 g/mol. The summed E-state index contributed by atoms with van der Waals surface area (Å²) in [6.45, 7) is 4.42. The molecule has 0 spiro atoms. The molecule has 0 aliphatic rings. The van der Waals surface area contributed by atoms with Crippen molar-refractivity contribution < 1.29 is 27.0 Å². The summed E-state index contributed by atoms with van der Waals surface area (Å²) in [4.78, 5) is -0.452. The number of benzene rings is 3. The van der Waals surface area contributed by atoms with Crippen LogP contribution in [0.5, 0.6) is 11.5 Å². The molecule has 0 bridgehead atoms. The summed E-state index contributed by atoms with van der Waals surface area (Å²) in [6.07, 6.45) is 0. The summed E-state index contributed by atoms with van der Waals surface area (Å²) in [7, 11) is -6.49. The zero-order valence-electron chi connectivity index (χ0n) is 17.8. The van der Waals surface area contributed by atoms with E-state index in [2.05, 4.69) is 21.5 Å². The zero-order valence-corrected chi connectivity index (χ0v) is 19.5. The van der Waals surface area contributed by atoms with Crippen molar-refractivity contribution in [1.29, 1.82) is 0 Å². The molecule has 0 aromatic heterocycles. The third-order valence-electron chi connectivity index (χ3n) is 4.51. The molecule has 10 nitrogen and oxygen atoms in total. The van der Waals surface area contributed by atoms with Gasteiger partial charge in [-0.05, 0) is 53.8 Å². The van der Waals surface area contributed by atoms with Crippen molar-refractivity contribution in [2.24, 2.45) is 22.0 Å². The second kappa shape index (κ2) is 9.75. The van der Waals surface area contributed by atoms with Gasteiger partial charge >= 0.3 is 0 Å². The highest BCUT2D eigenvalue weighted by Gasteiger charge is 2.22. The van der Waals surface area contributed by atoms with Crippen molar-refractivity contribution in [2.75, 3.05) is 12.0 Å². The number of anilines is 1. The Morgan fingerprint density at radius 1 is 1.18 bits per heavy atom. The number of nitrogens with two attached hydrogens (primary N) is 1. The van der Waals surface area contributed by atoms with Gasteiger partial charge in [-0.3, -0.25) is 10.4 Å². The van der Waals surface area contributed by atoms with Crippen molar-refractivity contribution in [3.63, 3.8) is 0 Å². The lowest BCUT2D eigenvalue weighted by molar-refractivity contribution is 0.270. The fraction of sp³-hybridized carbons (Fsp3) is 0.190. The van der Waals surface area contributed by atoms with Crippen molar-refractivity contribution >= 4 is 54.2 Å². The summed E-state index contributed by atoms with van der Waals surface area (Å²) in [5.41, 5.74) is 2.53. The van der Waals surface area contributed by atoms with Crippen molar-refractivity contribution in [2.45, 2.75) is 23.6 Å². The number of hydrazine groups is 1. The molecule has 3 aromatic carbocycles. The third kappa shape index (κ3) is 5.60. The quantitative estimate of drug-likeness (QED) is 0.0905. The Kier molecular flexibility index (Phi) is 7.22. The molecule has 0 unspecified atom stereocenters. The molecule has 0 radical (unpaired) electrons. The summed E-state index contributed by atoms with van der Waals surface area (Å²) in [5.74, 6) is 9.11. The first-order chi connectivity index (χ1) is 15.5. The molecule has 0 fully saturated rings. The minimum atomic E-state index is -4.78. The van der Waals surface area contributed by atoms with Crippen molar-refractivity contribution in [1.82, 2.24) is 0 Å². The normalized spacial score (nSPS) is 12.2. The van der Waals surface area contributed by atoms with E-state index in [1.807, 2.05) is 13.8 Å². The van der Waals surface area contributed by atoms with Crippen LogP contribution in [0.25, 0.3) is 10.8 Å². The smallest absolute Gasteiger partial charge is 0.296 e. The summed E-state index contributed by atoms with van der Waals surface area (Å²) >= 11 is 0. The van der Waals surface area contributed by atoms with Crippen LogP contribution in [-0.2, 0) is 24.7 Å². The Bertz CT molecular complexity index is 1410. The topological polar surface area (TPSA) is 164 Å². The van der Waals surface area contributed by atoms with E-state index < -0.39 is 36.8 Å². The maximum atomic E-state index is 12.1. The number of hydrogen-bond donors (Lipinski definition) is 4. The van der Waals surface area contributed by atoms with Crippen LogP contribution in [0.1, 0.15) is 13.8 Å². The highest BCUT2D eigenvalue weighted by molar-refractivity contribution is 7.86. The standard InChI is InChI=1S/C21H23N4O6S2/c1-12(2)11-31-15-5-7-17(18(10-15)32(3)27)24-25-20-19(33(28,29)30)9-13-8-14(23-22)4-6-16(13)21(20)26/h4-10,12,23,26H,3,11,22H2,1-2H3,(H,28,29,30)/q-1. The van der Waals surface area contributed by atoms with Crippen LogP contribution in [-0.4, -0.2) is 30.6 Å². The Morgan fingerprint density at radius 2 is 1.91 bits per heavy atom. The number of nitrogens with zero attached hydrogens (tertiary/aromatic N) is 2. The van der Waals surface area contributed by atoms with Crippen molar-refractivity contribution in [3.05, 3.63) is 42.5 Å². The molecule has 0 aliphatic carbocycles. The molecule has 0 heterocycles. The number of ether oxygens (including phenoxy) is 1. The fourth-order valence-corrected chi connectivity index (χ4v) is 4.20. The molecule has 0 amide bonds. The largest absolute Gasteiger partial charge is 0.505 e. The molecule has 3 aromatic rings. The maximum Gasteiger partial charge on any atom is 0.296 e. The van der Waals surface area contributed by atoms with Crippen LogP contribution >= 0.6 is 0 Å². The monoisotopic (exact) mass is 491 g/mol. The van der Waals surface area contributed by atoms with Gasteiger partial charge in [-0.15, -0.1) is 5.11 Å². The minimum Gasteiger partial charge on any atom is -0.505 e. The molecular formula is C21H23N4O6S2-. The lowest BCUT2D eigenvalue weighted by Crippen LogP contribution is -2.06. The number of aromatic hydroxyl groups is 1. The van der Waals surface area contributed by atoms with E-state index in [1.54, 1.807) is 12.1 Å². The number of hydrogen-bond acceptors (Lipinski definition) is 10. The first kappa shape index (κ1) is 24.5. The molecule has 5 N–H and O–H groups in total.